The molecule has 0 amide bonds. The molecule has 3 heterocycles. The van der Waals surface area contributed by atoms with E-state index < -0.39 is 24.5 Å². The maximum atomic E-state index is 12.9. The second-order valence-electron chi connectivity index (χ2n) is 5.37. The summed E-state index contributed by atoms with van der Waals surface area (Å²) in [5, 5.41) is 0. The molecular formula is C15H10F6N4. The van der Waals surface area contributed by atoms with Crippen molar-refractivity contribution in [3.63, 3.8) is 0 Å². The molecule has 0 unspecified atom stereocenters. The molecule has 0 bridgehead atoms. The van der Waals surface area contributed by atoms with Gasteiger partial charge in [-0.25, -0.2) is 9.97 Å². The van der Waals surface area contributed by atoms with Gasteiger partial charge in [-0.2, -0.15) is 26.3 Å². The highest BCUT2D eigenvalue weighted by atomic mass is 19.4. The van der Waals surface area contributed by atoms with Crippen molar-refractivity contribution in [1.29, 1.82) is 0 Å². The standard InChI is InChI=1S/C15H10F6N4/c1-8-3-2-4-22-11(8)13-24-10-5-9(15(19,20)21)6-23-12(10)25(13)7-14(16,17)18/h2-6H,7H2,1H3. The summed E-state index contributed by atoms with van der Waals surface area (Å²) in [5.41, 5.74) is -0.957. The number of hydrogen-bond acceptors (Lipinski definition) is 3. The number of halogens is 6. The smallest absolute Gasteiger partial charge is 0.298 e. The van der Waals surface area contributed by atoms with E-state index in [4.69, 9.17) is 0 Å². The summed E-state index contributed by atoms with van der Waals surface area (Å²) in [6.45, 7) is 0.182. The van der Waals surface area contributed by atoms with Gasteiger partial charge in [-0.1, -0.05) is 6.07 Å². The largest absolute Gasteiger partial charge is 0.417 e. The van der Waals surface area contributed by atoms with Gasteiger partial charge in [0.2, 0.25) is 0 Å². The molecule has 0 saturated carbocycles. The molecule has 0 spiro atoms. The van der Waals surface area contributed by atoms with Gasteiger partial charge in [-0.15, -0.1) is 0 Å². The molecule has 10 heteroatoms. The van der Waals surface area contributed by atoms with Crippen molar-refractivity contribution in [2.24, 2.45) is 0 Å². The predicted molar refractivity (Wildman–Crippen MR) is 76.6 cm³/mol. The van der Waals surface area contributed by atoms with Gasteiger partial charge < -0.3 is 0 Å². The van der Waals surface area contributed by atoms with Crippen LogP contribution in [0.3, 0.4) is 0 Å². The van der Waals surface area contributed by atoms with E-state index >= 15 is 0 Å². The summed E-state index contributed by atoms with van der Waals surface area (Å²) in [5.74, 6) is -0.183. The third-order valence-electron chi connectivity index (χ3n) is 3.47. The van der Waals surface area contributed by atoms with Crippen molar-refractivity contribution in [1.82, 2.24) is 19.5 Å². The van der Waals surface area contributed by atoms with Gasteiger partial charge in [0.15, 0.2) is 11.5 Å². The quantitative estimate of drug-likeness (QED) is 0.637. The zero-order valence-electron chi connectivity index (χ0n) is 12.7. The molecular weight excluding hydrogens is 350 g/mol. The van der Waals surface area contributed by atoms with Crippen LogP contribution in [0.15, 0.2) is 30.6 Å². The summed E-state index contributed by atoms with van der Waals surface area (Å²) in [6, 6.07) is 3.89. The van der Waals surface area contributed by atoms with E-state index in [1.807, 2.05) is 0 Å². The van der Waals surface area contributed by atoms with Crippen LogP contribution in [-0.4, -0.2) is 25.7 Å². The normalized spacial score (nSPS) is 12.8. The van der Waals surface area contributed by atoms with Crippen molar-refractivity contribution in [3.8, 4) is 11.5 Å². The lowest BCUT2D eigenvalue weighted by Gasteiger charge is -2.12. The van der Waals surface area contributed by atoms with Crippen LogP contribution < -0.4 is 0 Å². The number of hydrogen-bond donors (Lipinski definition) is 0. The van der Waals surface area contributed by atoms with Gasteiger partial charge >= 0.3 is 12.4 Å². The first-order valence-corrected chi connectivity index (χ1v) is 6.98. The second-order valence-corrected chi connectivity index (χ2v) is 5.37. The first-order chi connectivity index (χ1) is 11.6. The first-order valence-electron chi connectivity index (χ1n) is 6.98. The van der Waals surface area contributed by atoms with E-state index in [2.05, 4.69) is 15.0 Å². The van der Waals surface area contributed by atoms with Crippen LogP contribution in [0.5, 0.6) is 0 Å². The van der Waals surface area contributed by atoms with E-state index in [1.165, 1.54) is 6.20 Å². The first kappa shape index (κ1) is 17.2. The number of rotatable bonds is 2. The average Bonchev–Trinajstić information content (AvgIpc) is 2.83. The van der Waals surface area contributed by atoms with Crippen molar-refractivity contribution in [3.05, 3.63) is 41.7 Å². The Morgan fingerprint density at radius 1 is 1.08 bits per heavy atom. The Morgan fingerprint density at radius 2 is 1.80 bits per heavy atom. The van der Waals surface area contributed by atoms with Crippen LogP contribution in [0.4, 0.5) is 26.3 Å². The van der Waals surface area contributed by atoms with Crippen LogP contribution in [0.25, 0.3) is 22.7 Å². The Balaban J connectivity index is 2.27. The van der Waals surface area contributed by atoms with Crippen LogP contribution in [0.1, 0.15) is 11.1 Å². The number of aromatic nitrogens is 4. The summed E-state index contributed by atoms with van der Waals surface area (Å²) in [7, 11) is 0. The Kier molecular flexibility index (Phi) is 3.92. The summed E-state index contributed by atoms with van der Waals surface area (Å²) < 4.78 is 78.0. The van der Waals surface area contributed by atoms with Gasteiger partial charge in [-0.05, 0) is 24.6 Å². The number of alkyl halides is 6. The average molecular weight is 360 g/mol. The zero-order valence-corrected chi connectivity index (χ0v) is 12.7. The lowest BCUT2D eigenvalue weighted by atomic mass is 10.2. The molecule has 0 aliphatic carbocycles. The molecule has 0 saturated heterocycles. The van der Waals surface area contributed by atoms with Crippen molar-refractivity contribution in [2.75, 3.05) is 0 Å². The van der Waals surface area contributed by atoms with E-state index in [0.29, 0.717) is 17.8 Å². The van der Waals surface area contributed by atoms with Gasteiger partial charge in [0, 0.05) is 12.4 Å². The highest BCUT2D eigenvalue weighted by molar-refractivity contribution is 5.77. The Bertz CT molecular complexity index is 926. The monoisotopic (exact) mass is 360 g/mol. The fraction of sp³-hybridized carbons (Fsp3) is 0.267. The predicted octanol–water partition coefficient (Wildman–Crippen LogP) is 4.38. The van der Waals surface area contributed by atoms with Gasteiger partial charge in [-0.3, -0.25) is 9.55 Å². The summed E-state index contributed by atoms with van der Waals surface area (Å²) in [6.07, 6.45) is -7.41. The molecule has 0 aromatic carbocycles. The second kappa shape index (κ2) is 5.71. The highest BCUT2D eigenvalue weighted by Crippen LogP contribution is 2.33. The highest BCUT2D eigenvalue weighted by Gasteiger charge is 2.34. The van der Waals surface area contributed by atoms with Gasteiger partial charge in [0.1, 0.15) is 17.8 Å². The minimum absolute atomic E-state index is 0.151. The van der Waals surface area contributed by atoms with Crippen LogP contribution >= 0.6 is 0 Å². The summed E-state index contributed by atoms with van der Waals surface area (Å²) >= 11 is 0. The molecule has 0 radical (unpaired) electrons. The number of imidazole rings is 1. The third kappa shape index (κ3) is 3.42. The molecule has 132 valence electrons. The molecule has 0 aliphatic heterocycles. The molecule has 3 rings (SSSR count). The Morgan fingerprint density at radius 3 is 2.40 bits per heavy atom. The van der Waals surface area contributed by atoms with E-state index in [-0.39, 0.29) is 22.7 Å². The summed E-state index contributed by atoms with van der Waals surface area (Å²) in [4.78, 5) is 11.5. The molecule has 0 atom stereocenters. The number of pyridine rings is 2. The minimum atomic E-state index is -4.67. The van der Waals surface area contributed by atoms with Crippen molar-refractivity contribution < 1.29 is 26.3 Å². The maximum absolute atomic E-state index is 12.9. The lowest BCUT2D eigenvalue weighted by Crippen LogP contribution is -2.19. The number of fused-ring (bicyclic) bond motifs is 1. The zero-order chi connectivity index (χ0) is 18.4. The van der Waals surface area contributed by atoms with Gasteiger partial charge in [0.25, 0.3) is 0 Å². The van der Waals surface area contributed by atoms with Crippen LogP contribution in [-0.2, 0) is 12.7 Å². The number of aryl methyl sites for hydroxylation is 1. The number of nitrogens with zero attached hydrogens (tertiary/aromatic N) is 4. The van der Waals surface area contributed by atoms with Gasteiger partial charge in [0.05, 0.1) is 5.56 Å². The molecule has 4 nitrogen and oxygen atoms in total. The van der Waals surface area contributed by atoms with E-state index in [9.17, 15) is 26.3 Å². The van der Waals surface area contributed by atoms with E-state index in [1.54, 1.807) is 19.1 Å². The fourth-order valence-electron chi connectivity index (χ4n) is 2.40. The lowest BCUT2D eigenvalue weighted by molar-refractivity contribution is -0.140. The van der Waals surface area contributed by atoms with Crippen molar-refractivity contribution in [2.45, 2.75) is 25.8 Å². The molecule has 3 aromatic heterocycles. The Labute approximate surface area is 137 Å². The third-order valence-corrected chi connectivity index (χ3v) is 3.47. The minimum Gasteiger partial charge on any atom is -0.298 e. The van der Waals surface area contributed by atoms with Crippen molar-refractivity contribution >= 4 is 11.2 Å². The van der Waals surface area contributed by atoms with Crippen LogP contribution in [0.2, 0.25) is 0 Å². The topological polar surface area (TPSA) is 43.6 Å². The maximum Gasteiger partial charge on any atom is 0.417 e. The molecule has 0 N–H and O–H groups in total. The molecule has 25 heavy (non-hydrogen) atoms. The SMILES string of the molecule is Cc1cccnc1-c1nc2cc(C(F)(F)F)cnc2n1CC(F)(F)F. The van der Waals surface area contributed by atoms with E-state index in [0.717, 1.165) is 4.57 Å². The molecule has 0 fully saturated rings. The van der Waals surface area contributed by atoms with Crippen LogP contribution in [0, 0.1) is 6.92 Å². The molecule has 0 aliphatic rings. The fourth-order valence-corrected chi connectivity index (χ4v) is 2.40. The molecule has 3 aromatic rings. The Hall–Kier alpha value is -2.65.